The Bertz CT molecular complexity index is 1320. The van der Waals surface area contributed by atoms with E-state index in [-0.39, 0.29) is 5.76 Å². The van der Waals surface area contributed by atoms with Gasteiger partial charge < -0.3 is 19.0 Å². The van der Waals surface area contributed by atoms with Crippen molar-refractivity contribution >= 4 is 20.9 Å². The van der Waals surface area contributed by atoms with Crippen molar-refractivity contribution in [2.75, 3.05) is 27.4 Å². The van der Waals surface area contributed by atoms with Gasteiger partial charge >= 0.3 is 0 Å². The third-order valence-corrected chi connectivity index (χ3v) is 6.43. The highest BCUT2D eigenvalue weighted by atomic mass is 28.3. The first kappa shape index (κ1) is 23.7. The van der Waals surface area contributed by atoms with Crippen molar-refractivity contribution in [1.82, 2.24) is 19.3 Å². The Morgan fingerprint density at radius 3 is 2.44 bits per heavy atom. The minimum atomic E-state index is -0.839. The summed E-state index contributed by atoms with van der Waals surface area (Å²) < 4.78 is 20.6. The summed E-state index contributed by atoms with van der Waals surface area (Å²) in [4.78, 5) is 4.71. The van der Waals surface area contributed by atoms with E-state index in [1.54, 1.807) is 37.1 Å². The monoisotopic (exact) mass is 478 g/mol. The first-order chi connectivity index (χ1) is 16.4. The maximum Gasteiger partial charge on any atom is 0.231 e. The van der Waals surface area contributed by atoms with Crippen molar-refractivity contribution in [3.8, 4) is 22.6 Å². The van der Waals surface area contributed by atoms with Gasteiger partial charge in [-0.05, 0) is 31.3 Å². The molecule has 8 nitrogen and oxygen atoms in total. The Morgan fingerprint density at radius 1 is 1.09 bits per heavy atom. The molecule has 0 fully saturated rings. The van der Waals surface area contributed by atoms with E-state index in [4.69, 9.17) is 18.9 Å². The topological polar surface area (TPSA) is 81.6 Å². The summed E-state index contributed by atoms with van der Waals surface area (Å²) >= 11 is 0. The summed E-state index contributed by atoms with van der Waals surface area (Å²) in [6.07, 6.45) is 8.22. The molecule has 34 heavy (non-hydrogen) atoms. The van der Waals surface area contributed by atoms with Crippen LogP contribution in [-0.2, 0) is 11.5 Å². The molecular formula is C25H30N4O4Si+. The summed E-state index contributed by atoms with van der Waals surface area (Å²) in [7, 11) is 4.24. The number of ether oxygens (including phenoxy) is 2. The van der Waals surface area contributed by atoms with Gasteiger partial charge in [-0.1, -0.05) is 0 Å². The minimum Gasteiger partial charge on any atom is -0.502 e. The fraction of sp³-hybridized carbons (Fsp3) is 0.320. The molecule has 3 heterocycles. The van der Waals surface area contributed by atoms with Crippen LogP contribution in [-0.4, -0.2) is 56.3 Å². The van der Waals surface area contributed by atoms with Crippen LogP contribution in [0.15, 0.2) is 48.6 Å². The van der Waals surface area contributed by atoms with Gasteiger partial charge in [0.1, 0.15) is 16.8 Å². The summed E-state index contributed by atoms with van der Waals surface area (Å²) in [5.74, 6) is 1.40. The summed E-state index contributed by atoms with van der Waals surface area (Å²) in [5.41, 5.74) is 3.35. The number of aliphatic hydroxyl groups is 1. The van der Waals surface area contributed by atoms with Crippen molar-refractivity contribution in [1.29, 1.82) is 0 Å². The van der Waals surface area contributed by atoms with E-state index < -0.39 is 9.04 Å². The third kappa shape index (κ3) is 5.05. The first-order valence-electron chi connectivity index (χ1n) is 11.1. The summed E-state index contributed by atoms with van der Waals surface area (Å²) in [5, 5.41) is 17.5. The van der Waals surface area contributed by atoms with Gasteiger partial charge in [0.05, 0.1) is 33.4 Å². The number of rotatable bonds is 8. The number of aliphatic hydroxyl groups excluding tert-OH is 1. The molecule has 1 aliphatic heterocycles. The standard InChI is InChI=1S/C25H29N4O4Si/c1-28-16-19(15-27-28)18-12-24-22(26-14-18)6-7-23(29(24)8-9-33-34(4)5)25(30)17-10-20(31-2)13-21(11-17)32-3/h6,10-16H,7-9H2,1-5H3/p+1. The van der Waals surface area contributed by atoms with Gasteiger partial charge in [0.15, 0.2) is 12.3 Å². The van der Waals surface area contributed by atoms with E-state index >= 15 is 0 Å². The maximum absolute atomic E-state index is 11.4. The van der Waals surface area contributed by atoms with Crippen LogP contribution in [0.25, 0.3) is 23.0 Å². The fourth-order valence-electron chi connectivity index (χ4n) is 3.95. The molecule has 0 bridgehead atoms. The Hall–Kier alpha value is -3.43. The molecule has 9 heteroatoms. The Morgan fingerprint density at radius 2 is 1.82 bits per heavy atom. The lowest BCUT2D eigenvalue weighted by atomic mass is 10.1. The van der Waals surface area contributed by atoms with Crippen LogP contribution < -0.4 is 24.8 Å². The quantitative estimate of drug-likeness (QED) is 0.304. The maximum atomic E-state index is 11.4. The van der Waals surface area contributed by atoms with Gasteiger partial charge in [0.25, 0.3) is 0 Å². The lowest BCUT2D eigenvalue weighted by molar-refractivity contribution is 0.315. The molecule has 2 aromatic heterocycles. The SMILES string of the molecule is COc1cc(OC)cc(/C(O)=C2/CC=c3ncc(-c4cnn(C)c4)cc3=[N+]2CCO[Si](C)C)c1. The molecule has 4 rings (SSSR count). The number of pyridine rings is 1. The van der Waals surface area contributed by atoms with E-state index in [2.05, 4.69) is 28.8 Å². The van der Waals surface area contributed by atoms with Crippen molar-refractivity contribution in [3.63, 3.8) is 0 Å². The molecule has 0 atom stereocenters. The zero-order valence-electron chi connectivity index (χ0n) is 20.2. The molecule has 1 radical (unpaired) electrons. The van der Waals surface area contributed by atoms with Crippen LogP contribution in [0.5, 0.6) is 11.5 Å². The molecule has 3 aromatic rings. The second-order valence-electron chi connectivity index (χ2n) is 8.24. The van der Waals surface area contributed by atoms with Crippen molar-refractivity contribution in [3.05, 3.63) is 64.8 Å². The smallest absolute Gasteiger partial charge is 0.231 e. The largest absolute Gasteiger partial charge is 0.502 e. The van der Waals surface area contributed by atoms with Crippen LogP contribution >= 0.6 is 0 Å². The third-order valence-electron chi connectivity index (χ3n) is 5.64. The van der Waals surface area contributed by atoms with Crippen molar-refractivity contribution < 1.29 is 19.0 Å². The number of aromatic nitrogens is 3. The highest BCUT2D eigenvalue weighted by Gasteiger charge is 2.25. The van der Waals surface area contributed by atoms with Crippen LogP contribution in [0.4, 0.5) is 0 Å². The molecule has 0 saturated heterocycles. The molecule has 1 aliphatic rings. The molecule has 0 aliphatic carbocycles. The van der Waals surface area contributed by atoms with Gasteiger partial charge in [-0.15, -0.1) is 0 Å². The second-order valence-corrected chi connectivity index (χ2v) is 10.3. The number of nitrogens with zero attached hydrogens (tertiary/aromatic N) is 4. The van der Waals surface area contributed by atoms with Crippen molar-refractivity contribution in [2.45, 2.75) is 19.5 Å². The van der Waals surface area contributed by atoms with E-state index in [0.717, 1.165) is 27.5 Å². The molecular weight excluding hydrogens is 448 g/mol. The fourth-order valence-corrected chi connectivity index (χ4v) is 4.45. The molecule has 177 valence electrons. The predicted octanol–water partition coefficient (Wildman–Crippen LogP) is 2.37. The zero-order valence-corrected chi connectivity index (χ0v) is 21.2. The van der Waals surface area contributed by atoms with Crippen LogP contribution in [0, 0.1) is 0 Å². The highest BCUT2D eigenvalue weighted by molar-refractivity contribution is 6.48. The zero-order chi connectivity index (χ0) is 24.2. The van der Waals surface area contributed by atoms with Gasteiger partial charge in [-0.25, -0.2) is 4.98 Å². The Kier molecular flexibility index (Phi) is 7.14. The summed E-state index contributed by atoms with van der Waals surface area (Å²) in [6, 6.07) is 7.49. The van der Waals surface area contributed by atoms with Gasteiger partial charge in [0, 0.05) is 48.3 Å². The molecule has 0 saturated carbocycles. The van der Waals surface area contributed by atoms with E-state index in [1.807, 2.05) is 31.7 Å². The highest BCUT2D eigenvalue weighted by Crippen LogP contribution is 2.28. The van der Waals surface area contributed by atoms with Crippen LogP contribution in [0.2, 0.25) is 13.1 Å². The molecule has 1 N–H and O–H groups in total. The average Bonchev–Trinajstić information content (AvgIpc) is 3.29. The first-order valence-corrected chi connectivity index (χ1v) is 13.5. The molecule has 1 aromatic carbocycles. The number of hydrogen-bond acceptors (Lipinski definition) is 6. The number of fused-ring (bicyclic) bond motifs is 1. The Balaban J connectivity index is 1.89. The number of allylic oxidation sites excluding steroid dienone is 1. The van der Waals surface area contributed by atoms with E-state index in [0.29, 0.717) is 36.6 Å². The summed E-state index contributed by atoms with van der Waals surface area (Å²) in [6.45, 7) is 5.37. The van der Waals surface area contributed by atoms with Crippen molar-refractivity contribution in [2.24, 2.45) is 7.05 Å². The number of aryl methyl sites for hydroxylation is 1. The van der Waals surface area contributed by atoms with Gasteiger partial charge in [-0.2, -0.15) is 9.67 Å². The Labute approximate surface area is 200 Å². The predicted molar refractivity (Wildman–Crippen MR) is 133 cm³/mol. The number of methoxy groups -OCH3 is 2. The normalized spacial score (nSPS) is 14.6. The van der Waals surface area contributed by atoms with Crippen LogP contribution in [0.1, 0.15) is 12.0 Å². The average molecular weight is 479 g/mol. The molecule has 0 amide bonds. The lowest BCUT2D eigenvalue weighted by Gasteiger charge is -2.14. The lowest BCUT2D eigenvalue weighted by Crippen LogP contribution is -2.46. The van der Waals surface area contributed by atoms with E-state index in [1.165, 1.54) is 0 Å². The van der Waals surface area contributed by atoms with Gasteiger partial charge in [0.2, 0.25) is 20.1 Å². The number of benzene rings is 1. The van der Waals surface area contributed by atoms with E-state index in [9.17, 15) is 5.11 Å². The molecule has 0 spiro atoms. The number of hydrogen-bond donors (Lipinski definition) is 1. The van der Waals surface area contributed by atoms with Gasteiger partial charge in [-0.3, -0.25) is 4.68 Å². The minimum absolute atomic E-state index is 0.171. The second kappa shape index (κ2) is 10.2. The molecule has 0 unspecified atom stereocenters. The van der Waals surface area contributed by atoms with Crippen LogP contribution in [0.3, 0.4) is 0 Å².